The summed E-state index contributed by atoms with van der Waals surface area (Å²) in [5, 5.41) is 2.86. The van der Waals surface area contributed by atoms with E-state index < -0.39 is 0 Å². The monoisotopic (exact) mass is 310 g/mol. The van der Waals surface area contributed by atoms with Gasteiger partial charge in [-0.3, -0.25) is 9.59 Å². The van der Waals surface area contributed by atoms with E-state index in [2.05, 4.69) is 5.32 Å². The van der Waals surface area contributed by atoms with Gasteiger partial charge in [-0.15, -0.1) is 0 Å². The molecule has 0 atom stereocenters. The Bertz CT molecular complexity index is 753. The number of hydrogen-bond donors (Lipinski definition) is 1. The first kappa shape index (κ1) is 15.1. The van der Waals surface area contributed by atoms with Gasteiger partial charge in [0.1, 0.15) is 5.75 Å². The number of hydrogen-bond acceptors (Lipinski definition) is 3. The van der Waals surface area contributed by atoms with Crippen LogP contribution in [0.25, 0.3) is 0 Å². The molecule has 1 aliphatic rings. The molecule has 0 saturated heterocycles. The van der Waals surface area contributed by atoms with Crippen molar-refractivity contribution in [3.63, 3.8) is 0 Å². The Morgan fingerprint density at radius 3 is 2.65 bits per heavy atom. The van der Waals surface area contributed by atoms with Gasteiger partial charge in [-0.2, -0.15) is 0 Å². The zero-order valence-electron chi connectivity index (χ0n) is 13.1. The molecule has 5 nitrogen and oxygen atoms in total. The van der Waals surface area contributed by atoms with Gasteiger partial charge >= 0.3 is 0 Å². The van der Waals surface area contributed by atoms with Gasteiger partial charge in [-0.1, -0.05) is 0 Å². The summed E-state index contributed by atoms with van der Waals surface area (Å²) in [6, 6.07) is 12.5. The smallest absolute Gasteiger partial charge is 0.255 e. The number of fused-ring (bicyclic) bond motifs is 1. The highest BCUT2D eigenvalue weighted by molar-refractivity contribution is 6.05. The summed E-state index contributed by atoms with van der Waals surface area (Å²) >= 11 is 0. The number of amides is 2. The number of ether oxygens (including phenoxy) is 1. The molecule has 3 rings (SSSR count). The summed E-state index contributed by atoms with van der Waals surface area (Å²) < 4.78 is 5.36. The molecule has 0 radical (unpaired) electrons. The molecule has 23 heavy (non-hydrogen) atoms. The molecule has 2 amide bonds. The Hall–Kier alpha value is -2.82. The van der Waals surface area contributed by atoms with Crippen molar-refractivity contribution in [2.24, 2.45) is 0 Å². The molecule has 2 aromatic rings. The molecule has 0 aliphatic carbocycles. The molecule has 0 bridgehead atoms. The standard InChI is InChI=1S/C18H18N2O3/c1-3-23-15-7-4-12(5-8-15)18(22)19-14-6-9-16-13(10-14)11-17(21)20(16)2/h4-10H,3,11H2,1-2H3,(H,19,22). The lowest BCUT2D eigenvalue weighted by atomic mass is 10.1. The van der Waals surface area contributed by atoms with Crippen LogP contribution >= 0.6 is 0 Å². The molecule has 0 spiro atoms. The van der Waals surface area contributed by atoms with E-state index in [0.717, 1.165) is 17.0 Å². The molecule has 5 heteroatoms. The SMILES string of the molecule is CCOc1ccc(C(=O)Nc2ccc3c(c2)CC(=O)N3C)cc1. The van der Waals surface area contributed by atoms with Gasteiger partial charge in [-0.25, -0.2) is 0 Å². The second-order valence-electron chi connectivity index (χ2n) is 5.38. The fourth-order valence-corrected chi connectivity index (χ4v) is 2.62. The fraction of sp³-hybridized carbons (Fsp3) is 0.222. The Morgan fingerprint density at radius 2 is 1.96 bits per heavy atom. The number of benzene rings is 2. The lowest BCUT2D eigenvalue weighted by Crippen LogP contribution is -2.20. The second kappa shape index (κ2) is 6.12. The lowest BCUT2D eigenvalue weighted by molar-refractivity contribution is -0.117. The summed E-state index contributed by atoms with van der Waals surface area (Å²) in [6.45, 7) is 2.50. The molecule has 0 aromatic heterocycles. The van der Waals surface area contributed by atoms with Crippen LogP contribution in [0.15, 0.2) is 42.5 Å². The van der Waals surface area contributed by atoms with Crippen LogP contribution in [-0.4, -0.2) is 25.5 Å². The molecule has 0 unspecified atom stereocenters. The zero-order valence-corrected chi connectivity index (χ0v) is 13.1. The third kappa shape index (κ3) is 3.04. The van der Waals surface area contributed by atoms with Gasteiger partial charge in [0.15, 0.2) is 0 Å². The van der Waals surface area contributed by atoms with Gasteiger partial charge in [0.2, 0.25) is 5.91 Å². The van der Waals surface area contributed by atoms with E-state index in [4.69, 9.17) is 4.74 Å². The van der Waals surface area contributed by atoms with Crippen molar-refractivity contribution < 1.29 is 14.3 Å². The Kier molecular flexibility index (Phi) is 4.02. The predicted molar refractivity (Wildman–Crippen MR) is 89.1 cm³/mol. The minimum absolute atomic E-state index is 0.0648. The fourth-order valence-electron chi connectivity index (χ4n) is 2.62. The highest BCUT2D eigenvalue weighted by Crippen LogP contribution is 2.30. The van der Waals surface area contributed by atoms with Crippen LogP contribution in [0.4, 0.5) is 11.4 Å². The van der Waals surface area contributed by atoms with E-state index in [1.54, 1.807) is 42.3 Å². The summed E-state index contributed by atoms with van der Waals surface area (Å²) in [5.41, 5.74) is 3.07. The normalized spacial score (nSPS) is 13.0. The average molecular weight is 310 g/mol. The maximum Gasteiger partial charge on any atom is 0.255 e. The summed E-state index contributed by atoms with van der Waals surface area (Å²) in [4.78, 5) is 25.6. The van der Waals surface area contributed by atoms with Crippen LogP contribution < -0.4 is 15.0 Å². The molecule has 1 aliphatic heterocycles. The van der Waals surface area contributed by atoms with E-state index in [9.17, 15) is 9.59 Å². The first-order valence-electron chi connectivity index (χ1n) is 7.52. The number of likely N-dealkylation sites (N-methyl/N-ethyl adjacent to an activating group) is 1. The second-order valence-corrected chi connectivity index (χ2v) is 5.38. The molecular weight excluding hydrogens is 292 g/mol. The number of carbonyl (C=O) groups excluding carboxylic acids is 2. The van der Waals surface area contributed by atoms with Crippen LogP contribution in [0.2, 0.25) is 0 Å². The molecular formula is C18H18N2O3. The maximum absolute atomic E-state index is 12.3. The molecule has 1 heterocycles. The minimum Gasteiger partial charge on any atom is -0.494 e. The molecule has 2 aromatic carbocycles. The minimum atomic E-state index is -0.189. The number of nitrogens with zero attached hydrogens (tertiary/aromatic N) is 1. The summed E-state index contributed by atoms with van der Waals surface area (Å²) in [7, 11) is 1.76. The van der Waals surface area contributed by atoms with Gasteiger partial charge < -0.3 is 15.0 Å². The molecule has 1 N–H and O–H groups in total. The lowest BCUT2D eigenvalue weighted by Gasteiger charge is -2.11. The van der Waals surface area contributed by atoms with Crippen molar-refractivity contribution in [3.8, 4) is 5.75 Å². The highest BCUT2D eigenvalue weighted by atomic mass is 16.5. The van der Waals surface area contributed by atoms with Crippen LogP contribution in [0.5, 0.6) is 5.75 Å². The third-order valence-corrected chi connectivity index (χ3v) is 3.84. The molecule has 0 fully saturated rings. The third-order valence-electron chi connectivity index (χ3n) is 3.84. The predicted octanol–water partition coefficient (Wildman–Crippen LogP) is 2.86. The Labute approximate surface area is 134 Å². The van der Waals surface area contributed by atoms with Gasteiger partial charge in [0.25, 0.3) is 5.91 Å². The van der Waals surface area contributed by atoms with Crippen molar-refractivity contribution >= 4 is 23.2 Å². The highest BCUT2D eigenvalue weighted by Gasteiger charge is 2.24. The summed E-state index contributed by atoms with van der Waals surface area (Å²) in [6.07, 6.45) is 0.374. The van der Waals surface area contributed by atoms with Crippen molar-refractivity contribution in [2.45, 2.75) is 13.3 Å². The Balaban J connectivity index is 1.73. The van der Waals surface area contributed by atoms with E-state index in [0.29, 0.717) is 24.3 Å². The van der Waals surface area contributed by atoms with Crippen LogP contribution in [0, 0.1) is 0 Å². The average Bonchev–Trinajstić information content (AvgIpc) is 2.82. The van der Waals surface area contributed by atoms with Crippen molar-refractivity contribution in [3.05, 3.63) is 53.6 Å². The zero-order chi connectivity index (χ0) is 16.4. The summed E-state index contributed by atoms with van der Waals surface area (Å²) in [5.74, 6) is 0.615. The van der Waals surface area contributed by atoms with Crippen LogP contribution in [0.3, 0.4) is 0 Å². The largest absolute Gasteiger partial charge is 0.494 e. The van der Waals surface area contributed by atoms with E-state index in [-0.39, 0.29) is 11.8 Å². The maximum atomic E-state index is 12.3. The van der Waals surface area contributed by atoms with Crippen LogP contribution in [0.1, 0.15) is 22.8 Å². The molecule has 0 saturated carbocycles. The number of carbonyl (C=O) groups is 2. The van der Waals surface area contributed by atoms with Gasteiger partial charge in [0, 0.05) is 24.0 Å². The number of rotatable bonds is 4. The van der Waals surface area contributed by atoms with Crippen molar-refractivity contribution in [1.82, 2.24) is 0 Å². The number of anilines is 2. The van der Waals surface area contributed by atoms with Crippen molar-refractivity contribution in [1.29, 1.82) is 0 Å². The van der Waals surface area contributed by atoms with Crippen LogP contribution in [-0.2, 0) is 11.2 Å². The first-order chi connectivity index (χ1) is 11.1. The quantitative estimate of drug-likeness (QED) is 0.944. The van der Waals surface area contributed by atoms with E-state index >= 15 is 0 Å². The number of nitrogens with one attached hydrogen (secondary N) is 1. The topological polar surface area (TPSA) is 58.6 Å². The van der Waals surface area contributed by atoms with Gasteiger partial charge in [-0.05, 0) is 55.0 Å². The van der Waals surface area contributed by atoms with Crippen molar-refractivity contribution in [2.75, 3.05) is 23.9 Å². The van der Waals surface area contributed by atoms with E-state index in [1.165, 1.54) is 0 Å². The first-order valence-corrected chi connectivity index (χ1v) is 7.52. The van der Waals surface area contributed by atoms with Gasteiger partial charge in [0.05, 0.1) is 13.0 Å². The van der Waals surface area contributed by atoms with E-state index in [1.807, 2.05) is 19.1 Å². The Morgan fingerprint density at radius 1 is 1.22 bits per heavy atom. The molecule has 118 valence electrons.